The number of imidazole rings is 1. The van der Waals surface area contributed by atoms with Crippen LogP contribution in [0.1, 0.15) is 35.7 Å². The van der Waals surface area contributed by atoms with E-state index in [2.05, 4.69) is 29.9 Å². The molecule has 4 aromatic heterocycles. The predicted octanol–water partition coefficient (Wildman–Crippen LogP) is 3.73. The van der Waals surface area contributed by atoms with E-state index in [0.717, 1.165) is 18.5 Å². The number of hydrogen-bond donors (Lipinski definition) is 1. The lowest BCUT2D eigenvalue weighted by molar-refractivity contribution is -0.141. The Morgan fingerprint density at radius 1 is 1.00 bits per heavy atom. The van der Waals surface area contributed by atoms with Crippen molar-refractivity contribution < 1.29 is 27.8 Å². The standard InChI is InChI=1S/C27H20B2F3N7O3/c1-41-25-19(20(15-8-9-15)34-13-35-25)22-37-21-17(3-2-10-33-21)24(38-22)42-12-14-4-6-16(7-5-14)23-36-18(26(30,31)32)11-39(23)27(28,29)40/h2-7,10-11,13,15,40H,8-9,12H2,1H3. The molecular formula is C27H20B2F3N7O3. The van der Waals surface area contributed by atoms with E-state index in [0.29, 0.717) is 44.6 Å². The van der Waals surface area contributed by atoms with Crippen molar-refractivity contribution in [3.63, 3.8) is 0 Å². The van der Waals surface area contributed by atoms with Crippen LogP contribution in [0.4, 0.5) is 13.2 Å². The first-order chi connectivity index (χ1) is 20.0. The van der Waals surface area contributed by atoms with Crippen molar-refractivity contribution in [2.75, 3.05) is 7.11 Å². The lowest BCUT2D eigenvalue weighted by atomic mass is 9.73. The van der Waals surface area contributed by atoms with Gasteiger partial charge in [-0.05, 0) is 30.5 Å². The molecule has 1 aliphatic rings. The first kappa shape index (κ1) is 27.6. The van der Waals surface area contributed by atoms with Crippen LogP contribution >= 0.6 is 0 Å². The van der Waals surface area contributed by atoms with Crippen molar-refractivity contribution >= 4 is 26.7 Å². The number of pyridine rings is 1. The lowest BCUT2D eigenvalue weighted by Crippen LogP contribution is -2.34. The Morgan fingerprint density at radius 3 is 2.43 bits per heavy atom. The van der Waals surface area contributed by atoms with E-state index in [-0.39, 0.29) is 29.8 Å². The summed E-state index contributed by atoms with van der Waals surface area (Å²) in [6.07, 6.45) is 0.841. The molecule has 0 aliphatic heterocycles. The number of ether oxygens (including phenoxy) is 2. The van der Waals surface area contributed by atoms with Gasteiger partial charge in [-0.15, -0.1) is 0 Å². The Hall–Kier alpha value is -4.52. The van der Waals surface area contributed by atoms with Crippen molar-refractivity contribution in [1.29, 1.82) is 0 Å². The van der Waals surface area contributed by atoms with E-state index in [1.807, 2.05) is 0 Å². The third-order valence-electron chi connectivity index (χ3n) is 6.63. The molecule has 15 heteroatoms. The van der Waals surface area contributed by atoms with Gasteiger partial charge in [0.2, 0.25) is 11.8 Å². The van der Waals surface area contributed by atoms with Gasteiger partial charge in [0, 0.05) is 23.9 Å². The zero-order chi connectivity index (χ0) is 29.6. The largest absolute Gasteiger partial charge is 0.480 e. The summed E-state index contributed by atoms with van der Waals surface area (Å²) in [4.78, 5) is 26.0. The molecule has 10 nitrogen and oxygen atoms in total. The van der Waals surface area contributed by atoms with E-state index >= 15 is 0 Å². The van der Waals surface area contributed by atoms with E-state index in [1.165, 1.54) is 25.6 Å². The molecule has 1 aliphatic carbocycles. The highest BCUT2D eigenvalue weighted by atomic mass is 19.4. The predicted molar refractivity (Wildman–Crippen MR) is 146 cm³/mol. The lowest BCUT2D eigenvalue weighted by Gasteiger charge is -2.23. The van der Waals surface area contributed by atoms with Gasteiger partial charge in [0.15, 0.2) is 17.2 Å². The molecule has 4 heterocycles. The fourth-order valence-electron chi connectivity index (χ4n) is 4.47. The first-order valence-corrected chi connectivity index (χ1v) is 12.7. The highest BCUT2D eigenvalue weighted by Gasteiger charge is 2.36. The number of alkyl halides is 3. The Bertz CT molecular complexity index is 1770. The van der Waals surface area contributed by atoms with Crippen molar-refractivity contribution in [2.24, 2.45) is 0 Å². The van der Waals surface area contributed by atoms with Crippen molar-refractivity contribution in [3.8, 4) is 34.5 Å². The van der Waals surface area contributed by atoms with Crippen LogP contribution < -0.4 is 9.47 Å². The quantitative estimate of drug-likeness (QED) is 0.279. The molecule has 1 saturated carbocycles. The zero-order valence-electron chi connectivity index (χ0n) is 22.1. The minimum Gasteiger partial charge on any atom is -0.480 e. The van der Waals surface area contributed by atoms with Crippen LogP contribution in [-0.4, -0.2) is 62.4 Å². The van der Waals surface area contributed by atoms with E-state index in [9.17, 15) is 18.3 Å². The van der Waals surface area contributed by atoms with Crippen LogP contribution in [0.5, 0.6) is 11.8 Å². The molecule has 0 atom stereocenters. The van der Waals surface area contributed by atoms with Crippen LogP contribution in [0.2, 0.25) is 0 Å². The maximum atomic E-state index is 13.3. The van der Waals surface area contributed by atoms with Crippen molar-refractivity contribution in [2.45, 2.75) is 37.1 Å². The summed E-state index contributed by atoms with van der Waals surface area (Å²) < 4.78 is 52.1. The molecular weight excluding hydrogens is 549 g/mol. The summed E-state index contributed by atoms with van der Waals surface area (Å²) in [6, 6.07) is 9.82. The van der Waals surface area contributed by atoms with Crippen LogP contribution in [0.3, 0.4) is 0 Å². The average molecular weight is 569 g/mol. The molecule has 1 aromatic carbocycles. The summed E-state index contributed by atoms with van der Waals surface area (Å²) >= 11 is 0. The molecule has 4 radical (unpaired) electrons. The summed E-state index contributed by atoms with van der Waals surface area (Å²) in [5.74, 6) is 0.929. The van der Waals surface area contributed by atoms with Crippen LogP contribution in [0.25, 0.3) is 33.8 Å². The molecule has 0 unspecified atom stereocenters. The van der Waals surface area contributed by atoms with E-state index in [4.69, 9.17) is 25.2 Å². The fourth-order valence-corrected chi connectivity index (χ4v) is 4.47. The summed E-state index contributed by atoms with van der Waals surface area (Å²) in [5, 5.41) is 10.6. The topological polar surface area (TPSA) is 121 Å². The van der Waals surface area contributed by atoms with Crippen LogP contribution in [0, 0.1) is 0 Å². The second kappa shape index (κ2) is 10.4. The number of methoxy groups -OCH3 is 1. The molecule has 208 valence electrons. The number of rotatable bonds is 8. The molecule has 42 heavy (non-hydrogen) atoms. The minimum atomic E-state index is -4.76. The van der Waals surface area contributed by atoms with E-state index in [1.54, 1.807) is 30.5 Å². The van der Waals surface area contributed by atoms with Gasteiger partial charge >= 0.3 is 6.18 Å². The smallest absolute Gasteiger partial charge is 0.434 e. The summed E-state index contributed by atoms with van der Waals surface area (Å²) in [5.41, 5.74) is -1.15. The third kappa shape index (κ3) is 5.39. The molecule has 5 aromatic rings. The van der Waals surface area contributed by atoms with Gasteiger partial charge in [0.05, 0.1) is 23.7 Å². The zero-order valence-corrected chi connectivity index (χ0v) is 22.1. The van der Waals surface area contributed by atoms with Gasteiger partial charge in [-0.25, -0.2) is 24.9 Å². The second-order valence-corrected chi connectivity index (χ2v) is 9.73. The van der Waals surface area contributed by atoms with Crippen molar-refractivity contribution in [1.82, 2.24) is 34.5 Å². The Morgan fingerprint density at radius 2 is 1.76 bits per heavy atom. The Kier molecular flexibility index (Phi) is 6.84. The van der Waals surface area contributed by atoms with E-state index < -0.39 is 17.4 Å². The van der Waals surface area contributed by atoms with Crippen LogP contribution in [-0.2, 0) is 18.3 Å². The van der Waals surface area contributed by atoms with Crippen molar-refractivity contribution in [3.05, 3.63) is 72.1 Å². The molecule has 6 rings (SSSR count). The molecule has 0 saturated heterocycles. The molecule has 0 spiro atoms. The minimum absolute atomic E-state index is 0.0542. The normalized spacial score (nSPS) is 13.8. The number of fused-ring (bicyclic) bond motifs is 1. The monoisotopic (exact) mass is 569 g/mol. The number of nitrogens with zero attached hydrogens (tertiary/aromatic N) is 7. The summed E-state index contributed by atoms with van der Waals surface area (Å²) in [7, 11) is 12.5. The van der Waals surface area contributed by atoms with Gasteiger partial charge in [-0.2, -0.15) is 18.2 Å². The van der Waals surface area contributed by atoms with Gasteiger partial charge < -0.3 is 19.1 Å². The second-order valence-electron chi connectivity index (χ2n) is 9.73. The molecule has 1 N–H and O–H groups in total. The highest BCUT2D eigenvalue weighted by molar-refractivity contribution is 6.36. The maximum absolute atomic E-state index is 13.3. The number of hydrogen-bond acceptors (Lipinski definition) is 9. The Labute approximate surface area is 239 Å². The van der Waals surface area contributed by atoms with Gasteiger partial charge in [-0.1, -0.05) is 24.3 Å². The number of benzene rings is 1. The average Bonchev–Trinajstić information content (AvgIpc) is 3.70. The van der Waals surface area contributed by atoms with Crippen LogP contribution in [0.15, 0.2) is 55.1 Å². The summed E-state index contributed by atoms with van der Waals surface area (Å²) in [6.45, 7) is 0.0542. The fraction of sp³-hybridized carbons (Fsp3) is 0.259. The number of halogens is 3. The molecule has 0 bridgehead atoms. The Balaban J connectivity index is 1.31. The molecule has 1 fully saturated rings. The SMILES string of the molecule is [B]C([B])(O)n1cc(C(F)(F)F)nc1-c1ccc(COc2nc(-c3c(OC)ncnc3C3CC3)nc3ncccc23)cc1. The van der Waals surface area contributed by atoms with Gasteiger partial charge in [-0.3, -0.25) is 0 Å². The molecule has 0 amide bonds. The highest BCUT2D eigenvalue weighted by Crippen LogP contribution is 2.45. The van der Waals surface area contributed by atoms with Gasteiger partial charge in [0.25, 0.3) is 0 Å². The number of aromatic nitrogens is 7. The maximum Gasteiger partial charge on any atom is 0.434 e. The first-order valence-electron chi connectivity index (χ1n) is 12.7. The third-order valence-corrected chi connectivity index (χ3v) is 6.63. The van der Waals surface area contributed by atoms with Gasteiger partial charge in [0.1, 0.15) is 40.0 Å². The number of aliphatic hydroxyl groups is 1.